The van der Waals surface area contributed by atoms with Gasteiger partial charge in [-0.25, -0.2) is 5.01 Å². The third kappa shape index (κ3) is 5.68. The lowest BCUT2D eigenvalue weighted by Crippen LogP contribution is -2.47. The average Bonchev–Trinajstić information content (AvgIpc) is 3.27. The van der Waals surface area contributed by atoms with Crippen LogP contribution in [0.25, 0.3) is 6.08 Å². The summed E-state index contributed by atoms with van der Waals surface area (Å²) in [6.07, 6.45) is 1.87. The Labute approximate surface area is 252 Å². The van der Waals surface area contributed by atoms with Crippen molar-refractivity contribution in [1.82, 2.24) is 10.4 Å². The molecule has 0 radical (unpaired) electrons. The van der Waals surface area contributed by atoms with Crippen molar-refractivity contribution in [2.75, 3.05) is 30.4 Å². The molecule has 1 saturated heterocycles. The van der Waals surface area contributed by atoms with Crippen molar-refractivity contribution in [3.8, 4) is 0 Å². The minimum absolute atomic E-state index is 0.0570. The summed E-state index contributed by atoms with van der Waals surface area (Å²) in [7, 11) is 3.97. The molecule has 0 aromatic heterocycles. The summed E-state index contributed by atoms with van der Waals surface area (Å²) in [5.74, 6) is -0.541. The molecule has 2 aliphatic rings. The van der Waals surface area contributed by atoms with Crippen molar-refractivity contribution in [3.63, 3.8) is 0 Å². The lowest BCUT2D eigenvalue weighted by Gasteiger charge is -2.33. The van der Waals surface area contributed by atoms with Crippen LogP contribution in [0, 0.1) is 0 Å². The zero-order valence-electron chi connectivity index (χ0n) is 22.5. The number of amides is 2. The van der Waals surface area contributed by atoms with Crippen molar-refractivity contribution in [3.05, 3.63) is 118 Å². The topological polar surface area (TPSA) is 55.9 Å². The first-order valence-electron chi connectivity index (χ1n) is 13.0. The number of fused-ring (bicyclic) bond motifs is 2. The fourth-order valence-corrected chi connectivity index (χ4v) is 7.20. The van der Waals surface area contributed by atoms with Gasteiger partial charge < -0.3 is 9.80 Å². The van der Waals surface area contributed by atoms with Crippen LogP contribution in [0.1, 0.15) is 16.5 Å². The highest BCUT2D eigenvalue weighted by Crippen LogP contribution is 2.48. The molecule has 41 heavy (non-hydrogen) atoms. The second-order valence-corrected chi connectivity index (χ2v) is 12.5. The van der Waals surface area contributed by atoms with E-state index in [4.69, 9.17) is 11.6 Å². The number of hydrogen-bond acceptors (Lipinski definition) is 6. The normalized spacial score (nSPS) is 16.9. The molecule has 0 saturated carbocycles. The Morgan fingerprint density at radius 2 is 1.51 bits per heavy atom. The Hall–Kier alpha value is -3.85. The molecule has 2 aliphatic heterocycles. The minimum atomic E-state index is -0.438. The Morgan fingerprint density at radius 1 is 0.902 bits per heavy atom. The van der Waals surface area contributed by atoms with Gasteiger partial charge in [0.15, 0.2) is 0 Å². The minimum Gasteiger partial charge on any atom is -0.378 e. The Kier molecular flexibility index (Phi) is 7.71. The molecule has 1 fully saturated rings. The number of halogens is 1. The van der Waals surface area contributed by atoms with E-state index < -0.39 is 5.37 Å². The predicted molar refractivity (Wildman–Crippen MR) is 170 cm³/mol. The Morgan fingerprint density at radius 3 is 2.12 bits per heavy atom. The molecule has 6 nitrogen and oxygen atoms in total. The summed E-state index contributed by atoms with van der Waals surface area (Å²) in [5.41, 5.74) is 7.71. The molecule has 4 aromatic rings. The molecular formula is C32H27ClN4O2S2. The Bertz CT molecular complexity index is 1600. The number of hydrazine groups is 1. The smallest absolute Gasteiger partial charge is 0.280 e. The van der Waals surface area contributed by atoms with E-state index >= 15 is 0 Å². The fourth-order valence-electron chi connectivity index (χ4n) is 4.78. The maximum absolute atomic E-state index is 13.7. The molecule has 0 bridgehead atoms. The van der Waals surface area contributed by atoms with Gasteiger partial charge in [-0.3, -0.25) is 15.0 Å². The highest BCUT2D eigenvalue weighted by atomic mass is 35.5. The summed E-state index contributed by atoms with van der Waals surface area (Å²) in [6.45, 7) is 0.0570. The first-order chi connectivity index (χ1) is 19.9. The van der Waals surface area contributed by atoms with E-state index in [-0.39, 0.29) is 18.4 Å². The third-order valence-corrected chi connectivity index (χ3v) is 9.48. The number of carbonyl (C=O) groups excluding carboxylic acids is 2. The van der Waals surface area contributed by atoms with Gasteiger partial charge in [-0.05, 0) is 65.7 Å². The molecule has 2 amide bonds. The lowest BCUT2D eigenvalue weighted by molar-refractivity contribution is -0.137. The van der Waals surface area contributed by atoms with Crippen LogP contribution in [0.4, 0.5) is 17.1 Å². The number of carbonyl (C=O) groups is 2. The van der Waals surface area contributed by atoms with Gasteiger partial charge in [0.2, 0.25) is 0 Å². The van der Waals surface area contributed by atoms with Crippen molar-refractivity contribution in [2.45, 2.75) is 15.2 Å². The van der Waals surface area contributed by atoms with E-state index in [9.17, 15) is 9.59 Å². The zero-order valence-corrected chi connectivity index (χ0v) is 24.8. The average molecular weight is 599 g/mol. The van der Waals surface area contributed by atoms with Gasteiger partial charge in [0.1, 0.15) is 11.9 Å². The van der Waals surface area contributed by atoms with Crippen molar-refractivity contribution < 1.29 is 9.59 Å². The number of anilines is 3. The first kappa shape index (κ1) is 27.3. The van der Waals surface area contributed by atoms with Crippen LogP contribution in [-0.4, -0.2) is 37.5 Å². The van der Waals surface area contributed by atoms with E-state index in [1.165, 1.54) is 16.8 Å². The second-order valence-electron chi connectivity index (χ2n) is 9.85. The number of benzene rings is 4. The molecule has 0 spiro atoms. The van der Waals surface area contributed by atoms with Crippen LogP contribution >= 0.6 is 35.1 Å². The number of thioether (sulfide) groups is 1. The first-order valence-corrected chi connectivity index (χ1v) is 15.1. The number of nitrogens with zero attached hydrogens (tertiary/aromatic N) is 3. The maximum atomic E-state index is 13.7. The molecule has 4 aromatic carbocycles. The standard InChI is InChI=1S/C32H27ClN4O2S2/c1-35(2)24-17-11-21(12-18-24)19-29-31(39)37(32(41-29)22-13-15-23(33)16-14-22)34-30(38)20-36-25-7-3-5-9-27(25)40-28-10-6-4-8-26(28)36/h3-19,32H,20H2,1-2H3,(H,34,38)/b29-19+. The molecule has 1 N–H and O–H groups in total. The highest BCUT2D eigenvalue weighted by molar-refractivity contribution is 8.04. The van der Waals surface area contributed by atoms with Gasteiger partial charge in [-0.2, -0.15) is 0 Å². The maximum Gasteiger partial charge on any atom is 0.280 e. The fraction of sp³-hybridized carbons (Fsp3) is 0.125. The van der Waals surface area contributed by atoms with Crippen LogP contribution in [0.5, 0.6) is 0 Å². The third-order valence-electron chi connectivity index (χ3n) is 6.84. The summed E-state index contributed by atoms with van der Waals surface area (Å²) < 4.78 is 0. The van der Waals surface area contributed by atoms with Crippen LogP contribution in [0.3, 0.4) is 0 Å². The van der Waals surface area contributed by atoms with E-state index in [1.54, 1.807) is 23.9 Å². The quantitative estimate of drug-likeness (QED) is 0.234. The van der Waals surface area contributed by atoms with Crippen LogP contribution < -0.4 is 15.2 Å². The second kappa shape index (κ2) is 11.6. The SMILES string of the molecule is CN(C)c1ccc(/C=C2/SC(c3ccc(Cl)cc3)N(NC(=O)CN3c4ccccc4Sc4ccccc43)C2=O)cc1. The van der Waals surface area contributed by atoms with Crippen LogP contribution in [0.2, 0.25) is 5.02 Å². The van der Waals surface area contributed by atoms with Crippen LogP contribution in [0.15, 0.2) is 112 Å². The number of rotatable bonds is 6. The Balaban J connectivity index is 1.28. The monoisotopic (exact) mass is 598 g/mol. The van der Waals surface area contributed by atoms with Gasteiger partial charge >= 0.3 is 0 Å². The van der Waals surface area contributed by atoms with Gasteiger partial charge in [0, 0.05) is 34.6 Å². The zero-order chi connectivity index (χ0) is 28.5. The molecular weight excluding hydrogens is 572 g/mol. The molecule has 1 atom stereocenters. The summed E-state index contributed by atoms with van der Waals surface area (Å²) >= 11 is 9.25. The van der Waals surface area contributed by atoms with E-state index in [1.807, 2.05) is 103 Å². The summed E-state index contributed by atoms with van der Waals surface area (Å²) in [4.78, 5) is 34.1. The lowest BCUT2D eigenvalue weighted by atomic mass is 10.2. The van der Waals surface area contributed by atoms with Crippen molar-refractivity contribution in [2.24, 2.45) is 0 Å². The van der Waals surface area contributed by atoms with Gasteiger partial charge in [0.05, 0.1) is 16.3 Å². The van der Waals surface area contributed by atoms with Crippen LogP contribution in [-0.2, 0) is 9.59 Å². The molecule has 9 heteroatoms. The van der Waals surface area contributed by atoms with E-state index in [0.29, 0.717) is 9.93 Å². The number of hydrogen-bond donors (Lipinski definition) is 1. The van der Waals surface area contributed by atoms with Gasteiger partial charge in [-0.1, -0.05) is 83.7 Å². The van der Waals surface area contributed by atoms with Gasteiger partial charge in [0.25, 0.3) is 11.8 Å². The van der Waals surface area contributed by atoms with E-state index in [2.05, 4.69) is 17.6 Å². The molecule has 1 unspecified atom stereocenters. The highest BCUT2D eigenvalue weighted by Gasteiger charge is 2.39. The molecule has 0 aliphatic carbocycles. The largest absolute Gasteiger partial charge is 0.378 e. The number of para-hydroxylation sites is 2. The summed E-state index contributed by atoms with van der Waals surface area (Å²) in [6, 6.07) is 31.4. The molecule has 206 valence electrons. The molecule has 6 rings (SSSR count). The number of nitrogens with one attached hydrogen (secondary N) is 1. The van der Waals surface area contributed by atoms with Crippen molar-refractivity contribution in [1.29, 1.82) is 0 Å². The van der Waals surface area contributed by atoms with Gasteiger partial charge in [-0.15, -0.1) is 0 Å². The summed E-state index contributed by atoms with van der Waals surface area (Å²) in [5, 5.41) is 1.61. The van der Waals surface area contributed by atoms with Crippen molar-refractivity contribution >= 4 is 70.1 Å². The predicted octanol–water partition coefficient (Wildman–Crippen LogP) is 7.36. The molecule has 2 heterocycles. The van der Waals surface area contributed by atoms with E-state index in [0.717, 1.165) is 38.0 Å².